The molecule has 1 aromatic rings. The minimum Gasteiger partial charge on any atom is -0.507 e. The lowest BCUT2D eigenvalue weighted by Gasteiger charge is -2.13. The molecule has 4 nitrogen and oxygen atoms in total. The Labute approximate surface area is 87.6 Å². The predicted molar refractivity (Wildman–Crippen MR) is 55.0 cm³/mol. The molecule has 1 atom stereocenters. The van der Waals surface area contributed by atoms with E-state index >= 15 is 0 Å². The summed E-state index contributed by atoms with van der Waals surface area (Å²) in [7, 11) is 0. The molecule has 0 amide bonds. The predicted octanol–water partition coefficient (Wildman–Crippen LogP) is 1.51. The van der Waals surface area contributed by atoms with Crippen molar-refractivity contribution < 1.29 is 15.0 Å². The third-order valence-corrected chi connectivity index (χ3v) is 2.73. The molecule has 1 aliphatic heterocycles. The summed E-state index contributed by atoms with van der Waals surface area (Å²) in [5, 5.41) is 21.9. The van der Waals surface area contributed by atoms with Crippen molar-refractivity contribution in [2.45, 2.75) is 18.9 Å². The highest BCUT2D eigenvalue weighted by Gasteiger charge is 2.22. The third-order valence-electron chi connectivity index (χ3n) is 2.73. The number of carboxylic acids is 1. The van der Waals surface area contributed by atoms with E-state index in [4.69, 9.17) is 5.11 Å². The quantitative estimate of drug-likeness (QED) is 0.687. The summed E-state index contributed by atoms with van der Waals surface area (Å²) in [5.41, 5.74) is 0.661. The number of para-hydroxylation sites is 1. The molecule has 80 valence electrons. The third kappa shape index (κ3) is 1.80. The zero-order valence-electron chi connectivity index (χ0n) is 8.23. The van der Waals surface area contributed by atoms with Gasteiger partial charge in [0.15, 0.2) is 0 Å². The lowest BCUT2D eigenvalue weighted by molar-refractivity contribution is 0.0693. The minimum absolute atomic E-state index is 0.0267. The minimum atomic E-state index is -1.09. The Morgan fingerprint density at radius 2 is 2.27 bits per heavy atom. The van der Waals surface area contributed by atoms with Crippen molar-refractivity contribution in [3.8, 4) is 5.75 Å². The fraction of sp³-hybridized carbons (Fsp3) is 0.364. The number of nitrogens with one attached hydrogen (secondary N) is 1. The van der Waals surface area contributed by atoms with Crippen LogP contribution in [-0.2, 0) is 0 Å². The first-order valence-corrected chi connectivity index (χ1v) is 4.98. The van der Waals surface area contributed by atoms with Crippen LogP contribution in [0.2, 0.25) is 0 Å². The molecule has 0 unspecified atom stereocenters. The summed E-state index contributed by atoms with van der Waals surface area (Å²) >= 11 is 0. The average Bonchev–Trinajstić information content (AvgIpc) is 2.70. The maximum Gasteiger partial charge on any atom is 0.339 e. The second kappa shape index (κ2) is 3.90. The highest BCUT2D eigenvalue weighted by molar-refractivity contribution is 5.91. The van der Waals surface area contributed by atoms with E-state index in [-0.39, 0.29) is 17.4 Å². The van der Waals surface area contributed by atoms with Crippen LogP contribution in [0.5, 0.6) is 5.75 Å². The van der Waals surface area contributed by atoms with Crippen molar-refractivity contribution >= 4 is 5.97 Å². The van der Waals surface area contributed by atoms with Crippen LogP contribution in [0.4, 0.5) is 0 Å². The molecule has 0 aliphatic carbocycles. The van der Waals surface area contributed by atoms with Crippen LogP contribution in [0.15, 0.2) is 18.2 Å². The fourth-order valence-corrected chi connectivity index (χ4v) is 1.97. The van der Waals surface area contributed by atoms with Crippen LogP contribution in [0.1, 0.15) is 34.8 Å². The zero-order valence-corrected chi connectivity index (χ0v) is 8.23. The second-order valence-electron chi connectivity index (χ2n) is 3.70. The normalized spacial score (nSPS) is 20.4. The molecule has 1 aromatic carbocycles. The first kappa shape index (κ1) is 9.98. The summed E-state index contributed by atoms with van der Waals surface area (Å²) in [6.45, 7) is 0.918. The second-order valence-corrected chi connectivity index (χ2v) is 3.70. The maximum atomic E-state index is 10.8. The molecule has 0 bridgehead atoms. The zero-order chi connectivity index (χ0) is 10.8. The van der Waals surface area contributed by atoms with Crippen molar-refractivity contribution in [3.63, 3.8) is 0 Å². The molecule has 3 N–H and O–H groups in total. The number of phenols is 1. The number of carboxylic acid groups (broad SMARTS) is 1. The number of hydrogen-bond donors (Lipinski definition) is 3. The molecule has 0 radical (unpaired) electrons. The fourth-order valence-electron chi connectivity index (χ4n) is 1.97. The van der Waals surface area contributed by atoms with Crippen LogP contribution >= 0.6 is 0 Å². The van der Waals surface area contributed by atoms with Gasteiger partial charge in [0.05, 0.1) is 0 Å². The Balaban J connectivity index is 2.39. The van der Waals surface area contributed by atoms with Gasteiger partial charge in [0.25, 0.3) is 0 Å². The van der Waals surface area contributed by atoms with Crippen molar-refractivity contribution in [2.24, 2.45) is 0 Å². The maximum absolute atomic E-state index is 10.8. The van der Waals surface area contributed by atoms with Gasteiger partial charge in [0.2, 0.25) is 0 Å². The number of benzene rings is 1. The van der Waals surface area contributed by atoms with Gasteiger partial charge >= 0.3 is 5.97 Å². The average molecular weight is 207 g/mol. The van der Waals surface area contributed by atoms with E-state index in [0.29, 0.717) is 5.56 Å². The molecule has 1 fully saturated rings. The Kier molecular flexibility index (Phi) is 2.60. The lowest BCUT2D eigenvalue weighted by atomic mass is 10.0. The Morgan fingerprint density at radius 1 is 1.47 bits per heavy atom. The smallest absolute Gasteiger partial charge is 0.339 e. The van der Waals surface area contributed by atoms with Crippen molar-refractivity contribution in [1.29, 1.82) is 0 Å². The molecular formula is C11H13NO3. The van der Waals surface area contributed by atoms with Crippen LogP contribution in [0.3, 0.4) is 0 Å². The molecule has 0 spiro atoms. The highest BCUT2D eigenvalue weighted by atomic mass is 16.4. The number of aromatic hydroxyl groups is 1. The topological polar surface area (TPSA) is 69.6 Å². The van der Waals surface area contributed by atoms with Crippen LogP contribution < -0.4 is 5.32 Å². The van der Waals surface area contributed by atoms with Crippen LogP contribution in [0, 0.1) is 0 Å². The van der Waals surface area contributed by atoms with Gasteiger partial charge in [-0.2, -0.15) is 0 Å². The van der Waals surface area contributed by atoms with E-state index in [1.165, 1.54) is 6.07 Å². The van der Waals surface area contributed by atoms with E-state index in [2.05, 4.69) is 5.32 Å². The van der Waals surface area contributed by atoms with Crippen molar-refractivity contribution in [1.82, 2.24) is 5.32 Å². The van der Waals surface area contributed by atoms with Gasteiger partial charge in [-0.15, -0.1) is 0 Å². The molecule has 1 saturated heterocycles. The summed E-state index contributed by atoms with van der Waals surface area (Å²) < 4.78 is 0. The molecule has 1 heterocycles. The number of rotatable bonds is 2. The van der Waals surface area contributed by atoms with Crippen molar-refractivity contribution in [3.05, 3.63) is 29.3 Å². The highest BCUT2D eigenvalue weighted by Crippen LogP contribution is 2.32. The lowest BCUT2D eigenvalue weighted by Crippen LogP contribution is -2.13. The monoisotopic (exact) mass is 207 g/mol. The Hall–Kier alpha value is -1.55. The molecule has 15 heavy (non-hydrogen) atoms. The van der Waals surface area contributed by atoms with Gasteiger partial charge < -0.3 is 15.5 Å². The standard InChI is InChI=1S/C11H13NO3/c13-10-7(9-5-2-6-12-9)3-1-4-8(10)11(14)15/h1,3-4,9,12-13H,2,5-6H2,(H,14,15)/t9-/m0/s1. The first-order chi connectivity index (χ1) is 7.20. The Bertz CT molecular complexity index is 383. The van der Waals surface area contributed by atoms with Gasteiger partial charge in [-0.3, -0.25) is 0 Å². The van der Waals surface area contributed by atoms with Gasteiger partial charge in [-0.1, -0.05) is 12.1 Å². The van der Waals surface area contributed by atoms with E-state index in [1.807, 2.05) is 0 Å². The summed E-state index contributed by atoms with van der Waals surface area (Å²) in [6, 6.07) is 4.93. The number of carbonyl (C=O) groups is 1. The van der Waals surface area contributed by atoms with Crippen LogP contribution in [0.25, 0.3) is 0 Å². The molecule has 0 aromatic heterocycles. The van der Waals surface area contributed by atoms with Gasteiger partial charge in [-0.25, -0.2) is 4.79 Å². The molecule has 1 aliphatic rings. The number of hydrogen-bond acceptors (Lipinski definition) is 3. The largest absolute Gasteiger partial charge is 0.507 e. The van der Waals surface area contributed by atoms with Gasteiger partial charge in [-0.05, 0) is 25.5 Å². The molecule has 4 heteroatoms. The molecular weight excluding hydrogens is 194 g/mol. The van der Waals surface area contributed by atoms with E-state index in [9.17, 15) is 9.90 Å². The molecule has 0 saturated carbocycles. The SMILES string of the molecule is O=C(O)c1cccc([C@@H]2CCCN2)c1O. The molecule has 2 rings (SSSR count). The first-order valence-electron chi connectivity index (χ1n) is 4.98. The Morgan fingerprint density at radius 3 is 2.87 bits per heavy atom. The van der Waals surface area contributed by atoms with Crippen molar-refractivity contribution in [2.75, 3.05) is 6.54 Å². The number of aromatic carboxylic acids is 1. The summed E-state index contributed by atoms with van der Waals surface area (Å²) in [5.74, 6) is -1.20. The van der Waals surface area contributed by atoms with E-state index in [0.717, 1.165) is 19.4 Å². The van der Waals surface area contributed by atoms with Crippen LogP contribution in [-0.4, -0.2) is 22.7 Å². The van der Waals surface area contributed by atoms with E-state index < -0.39 is 5.97 Å². The summed E-state index contributed by atoms with van der Waals surface area (Å²) in [6.07, 6.45) is 2.00. The van der Waals surface area contributed by atoms with Gasteiger partial charge in [0, 0.05) is 11.6 Å². The summed E-state index contributed by atoms with van der Waals surface area (Å²) in [4.78, 5) is 10.8. The van der Waals surface area contributed by atoms with Gasteiger partial charge in [0.1, 0.15) is 11.3 Å². The van der Waals surface area contributed by atoms with E-state index in [1.54, 1.807) is 12.1 Å².